The summed E-state index contributed by atoms with van der Waals surface area (Å²) in [5.41, 5.74) is 10.9. The van der Waals surface area contributed by atoms with Gasteiger partial charge < -0.3 is 10.8 Å². The van der Waals surface area contributed by atoms with E-state index in [9.17, 15) is 18.8 Å². The largest absolute Gasteiger partial charge is 0.481 e. The molecule has 0 unspecified atom stereocenters. The number of anilines is 2. The maximum Gasteiger partial charge on any atom is 0.303 e. The minimum atomic E-state index is -0.897. The average molecular weight is 512 g/mol. The number of carboxylic acids is 1. The predicted molar refractivity (Wildman–Crippen MR) is 143 cm³/mol. The van der Waals surface area contributed by atoms with E-state index in [4.69, 9.17) is 15.8 Å². The van der Waals surface area contributed by atoms with Gasteiger partial charge in [-0.05, 0) is 85.3 Å². The van der Waals surface area contributed by atoms with Gasteiger partial charge in [0.05, 0.1) is 22.5 Å². The van der Waals surface area contributed by atoms with Gasteiger partial charge in [-0.2, -0.15) is 0 Å². The van der Waals surface area contributed by atoms with Crippen LogP contribution in [0.3, 0.4) is 0 Å². The Balaban J connectivity index is 1.69. The van der Waals surface area contributed by atoms with Gasteiger partial charge >= 0.3 is 5.97 Å². The maximum atomic E-state index is 13.7. The van der Waals surface area contributed by atoms with Crippen LogP contribution >= 0.6 is 0 Å². The molecule has 3 aromatic carbocycles. The first kappa shape index (κ1) is 25.1. The van der Waals surface area contributed by atoms with Crippen LogP contribution in [0.1, 0.15) is 47.2 Å². The lowest BCUT2D eigenvalue weighted by Gasteiger charge is -2.30. The van der Waals surface area contributed by atoms with Crippen molar-refractivity contribution in [2.24, 2.45) is 5.73 Å². The van der Waals surface area contributed by atoms with Gasteiger partial charge in [0.2, 0.25) is 11.8 Å². The van der Waals surface area contributed by atoms with E-state index in [2.05, 4.69) is 0 Å². The molecule has 0 atom stereocenters. The third-order valence-corrected chi connectivity index (χ3v) is 6.85. The lowest BCUT2D eigenvalue weighted by atomic mass is 9.92. The quantitative estimate of drug-likeness (QED) is 0.301. The molecule has 0 bridgehead atoms. The highest BCUT2D eigenvalue weighted by molar-refractivity contribution is 6.11. The maximum absolute atomic E-state index is 13.7. The fourth-order valence-corrected chi connectivity index (χ4v) is 5.09. The van der Waals surface area contributed by atoms with Crippen LogP contribution in [-0.4, -0.2) is 27.9 Å². The Labute approximate surface area is 218 Å². The smallest absolute Gasteiger partial charge is 0.303 e. The highest BCUT2D eigenvalue weighted by Crippen LogP contribution is 2.38. The molecule has 2 amide bonds. The van der Waals surface area contributed by atoms with E-state index in [0.717, 1.165) is 11.3 Å². The average Bonchev–Trinajstić information content (AvgIpc) is 2.90. The number of para-hydroxylation sites is 1. The first-order chi connectivity index (χ1) is 18.3. The number of unbranched alkanes of at least 4 members (excludes halogenated alkanes) is 1. The van der Waals surface area contributed by atoms with E-state index in [-0.39, 0.29) is 17.9 Å². The lowest BCUT2D eigenvalue weighted by molar-refractivity contribution is -0.137. The number of carbonyl (C=O) groups is 3. The van der Waals surface area contributed by atoms with Gasteiger partial charge in [0.25, 0.3) is 0 Å². The van der Waals surface area contributed by atoms with Crippen molar-refractivity contribution in [1.29, 1.82) is 0 Å². The Morgan fingerprint density at radius 1 is 1.00 bits per heavy atom. The summed E-state index contributed by atoms with van der Waals surface area (Å²) in [4.78, 5) is 43.5. The number of carbonyl (C=O) groups excluding carboxylic acids is 2. The van der Waals surface area contributed by atoms with Gasteiger partial charge in [-0.1, -0.05) is 18.2 Å². The van der Waals surface area contributed by atoms with Crippen molar-refractivity contribution >= 4 is 40.1 Å². The minimum absolute atomic E-state index is 0.000571. The molecule has 0 saturated heterocycles. The third kappa shape index (κ3) is 4.85. The Morgan fingerprint density at radius 2 is 1.76 bits per heavy atom. The topological polar surface area (TPSA) is 114 Å². The second-order valence-electron chi connectivity index (χ2n) is 9.35. The van der Waals surface area contributed by atoms with Crippen molar-refractivity contribution in [1.82, 2.24) is 4.98 Å². The highest BCUT2D eigenvalue weighted by atomic mass is 19.1. The molecule has 38 heavy (non-hydrogen) atoms. The number of benzene rings is 3. The fraction of sp³-hybridized carbons (Fsp3) is 0.200. The molecule has 0 aliphatic carbocycles. The summed E-state index contributed by atoms with van der Waals surface area (Å²) >= 11 is 0. The summed E-state index contributed by atoms with van der Waals surface area (Å²) in [6, 6.07) is 18.8. The summed E-state index contributed by atoms with van der Waals surface area (Å²) in [5, 5.41) is 9.55. The zero-order valence-corrected chi connectivity index (χ0v) is 20.6. The molecule has 1 aliphatic rings. The number of pyridine rings is 1. The number of rotatable bonds is 8. The molecule has 1 aromatic heterocycles. The SMILES string of the molecule is NC(=O)c1c(CCCCC(=O)O)c(-c2ccc(F)cc2)nc2ccc(N3C(=O)CCc4ccccc43)cc12. The van der Waals surface area contributed by atoms with E-state index in [1.54, 1.807) is 35.2 Å². The van der Waals surface area contributed by atoms with Crippen molar-refractivity contribution in [3.63, 3.8) is 0 Å². The molecule has 0 saturated carbocycles. The first-order valence-electron chi connectivity index (χ1n) is 12.5. The van der Waals surface area contributed by atoms with Crippen molar-refractivity contribution in [3.05, 3.63) is 89.2 Å². The van der Waals surface area contributed by atoms with Crippen molar-refractivity contribution in [2.75, 3.05) is 4.90 Å². The van der Waals surface area contributed by atoms with Gasteiger partial charge in [-0.15, -0.1) is 0 Å². The van der Waals surface area contributed by atoms with Crippen molar-refractivity contribution in [2.45, 2.75) is 38.5 Å². The molecule has 0 radical (unpaired) electrons. The molecule has 8 heteroatoms. The molecule has 0 fully saturated rings. The normalized spacial score (nSPS) is 13.0. The van der Waals surface area contributed by atoms with Crippen LogP contribution in [0.5, 0.6) is 0 Å². The number of carboxylic acid groups (broad SMARTS) is 1. The molecule has 3 N–H and O–H groups in total. The molecular formula is C30H26FN3O4. The van der Waals surface area contributed by atoms with Gasteiger partial charge in [-0.3, -0.25) is 19.3 Å². The zero-order chi connectivity index (χ0) is 26.8. The molecule has 5 rings (SSSR count). The second kappa shape index (κ2) is 10.4. The van der Waals surface area contributed by atoms with Crippen molar-refractivity contribution in [3.8, 4) is 11.3 Å². The number of hydrogen-bond acceptors (Lipinski definition) is 4. The van der Waals surface area contributed by atoms with Crippen LogP contribution in [0.15, 0.2) is 66.7 Å². The van der Waals surface area contributed by atoms with Gasteiger partial charge in [0.1, 0.15) is 5.82 Å². The molecule has 0 spiro atoms. The summed E-state index contributed by atoms with van der Waals surface area (Å²) in [5.74, 6) is -2.00. The minimum Gasteiger partial charge on any atom is -0.481 e. The summed E-state index contributed by atoms with van der Waals surface area (Å²) in [6.45, 7) is 0. The number of aryl methyl sites for hydroxylation is 1. The fourth-order valence-electron chi connectivity index (χ4n) is 5.09. The first-order valence-corrected chi connectivity index (χ1v) is 12.5. The zero-order valence-electron chi connectivity index (χ0n) is 20.6. The van der Waals surface area contributed by atoms with E-state index in [1.165, 1.54) is 12.1 Å². The molecule has 4 aromatic rings. The third-order valence-electron chi connectivity index (χ3n) is 6.85. The number of nitrogens with two attached hydrogens (primary N) is 1. The summed E-state index contributed by atoms with van der Waals surface area (Å²) in [7, 11) is 0. The summed E-state index contributed by atoms with van der Waals surface area (Å²) in [6.07, 6.45) is 2.29. The van der Waals surface area contributed by atoms with Crippen LogP contribution in [0.25, 0.3) is 22.2 Å². The monoisotopic (exact) mass is 511 g/mol. The van der Waals surface area contributed by atoms with Crippen LogP contribution < -0.4 is 10.6 Å². The van der Waals surface area contributed by atoms with E-state index in [1.807, 2.05) is 24.3 Å². The number of fused-ring (bicyclic) bond motifs is 2. The number of amides is 2. The molecule has 192 valence electrons. The van der Waals surface area contributed by atoms with Crippen LogP contribution in [0, 0.1) is 5.82 Å². The Morgan fingerprint density at radius 3 is 2.50 bits per heavy atom. The number of aromatic nitrogens is 1. The molecule has 1 aliphatic heterocycles. The highest BCUT2D eigenvalue weighted by Gasteiger charge is 2.27. The number of aliphatic carboxylic acids is 1. The Hall–Kier alpha value is -4.59. The van der Waals surface area contributed by atoms with E-state index >= 15 is 0 Å². The number of primary amides is 1. The van der Waals surface area contributed by atoms with Crippen molar-refractivity contribution < 1.29 is 23.9 Å². The molecular weight excluding hydrogens is 485 g/mol. The van der Waals surface area contributed by atoms with Gasteiger partial charge in [0, 0.05) is 29.5 Å². The van der Waals surface area contributed by atoms with E-state index < -0.39 is 17.7 Å². The summed E-state index contributed by atoms with van der Waals surface area (Å²) < 4.78 is 13.7. The van der Waals surface area contributed by atoms with Crippen LogP contribution in [0.2, 0.25) is 0 Å². The Kier molecular flexibility index (Phi) is 6.87. The Bertz CT molecular complexity index is 1570. The second-order valence-corrected chi connectivity index (χ2v) is 9.35. The molecule has 7 nitrogen and oxygen atoms in total. The van der Waals surface area contributed by atoms with Crippen LogP contribution in [0.4, 0.5) is 15.8 Å². The lowest BCUT2D eigenvalue weighted by Crippen LogP contribution is -2.30. The number of halogens is 1. The molecule has 2 heterocycles. The van der Waals surface area contributed by atoms with Gasteiger partial charge in [-0.25, -0.2) is 9.37 Å². The predicted octanol–water partition coefficient (Wildman–Crippen LogP) is 5.55. The van der Waals surface area contributed by atoms with Crippen LogP contribution in [-0.2, 0) is 22.4 Å². The van der Waals surface area contributed by atoms with Gasteiger partial charge in [0.15, 0.2) is 0 Å². The number of nitrogens with zero attached hydrogens (tertiary/aromatic N) is 2. The number of hydrogen-bond donors (Lipinski definition) is 2. The van der Waals surface area contributed by atoms with E-state index in [0.29, 0.717) is 65.5 Å². The standard InChI is InChI=1S/C30H26FN3O4/c31-20-12-9-19(10-13-20)29-22(6-2-4-8-27(36)37)28(30(32)38)23-17-21(14-15-24(23)33-29)34-25-7-3-1-5-18(25)11-16-26(34)35/h1,3,5,7,9-10,12-15,17H,2,4,6,8,11,16H2,(H2,32,38)(H,36,37).